The molecule has 0 amide bonds. The molecule has 0 bridgehead atoms. The fraction of sp³-hybridized carbons (Fsp3) is 0.538. The van der Waals surface area contributed by atoms with Crippen molar-refractivity contribution in [3.63, 3.8) is 0 Å². The number of piperidine rings is 1. The van der Waals surface area contributed by atoms with Crippen LogP contribution in [0.4, 0.5) is 0 Å². The van der Waals surface area contributed by atoms with Crippen LogP contribution in [-0.2, 0) is 10.0 Å². The van der Waals surface area contributed by atoms with Crippen LogP contribution in [0, 0.1) is 12.8 Å². The Kier molecular flexibility index (Phi) is 4.04. The van der Waals surface area contributed by atoms with Gasteiger partial charge in [-0.25, -0.2) is 13.1 Å². The van der Waals surface area contributed by atoms with E-state index >= 15 is 0 Å². The Morgan fingerprint density at radius 1 is 1.39 bits per heavy atom. The van der Waals surface area contributed by atoms with Gasteiger partial charge in [0.15, 0.2) is 0 Å². The fourth-order valence-corrected chi connectivity index (χ4v) is 3.65. The third-order valence-corrected chi connectivity index (χ3v) is 4.92. The zero-order valence-electron chi connectivity index (χ0n) is 10.8. The van der Waals surface area contributed by atoms with Crippen molar-refractivity contribution in [3.8, 4) is 0 Å². The molecule has 0 radical (unpaired) electrons. The highest BCUT2D eigenvalue weighted by Crippen LogP contribution is 2.16. The Bertz CT molecular complexity index is 513. The monoisotopic (exact) mass is 268 g/mol. The lowest BCUT2D eigenvalue weighted by Crippen LogP contribution is -2.50. The Hall–Kier alpha value is -0.910. The highest BCUT2D eigenvalue weighted by molar-refractivity contribution is 7.89. The second-order valence-electron chi connectivity index (χ2n) is 5.01. The Balaban J connectivity index is 2.16. The molecule has 1 fully saturated rings. The van der Waals surface area contributed by atoms with E-state index in [0.717, 1.165) is 18.5 Å². The number of nitrogens with one attached hydrogen (secondary N) is 2. The van der Waals surface area contributed by atoms with Crippen molar-refractivity contribution in [2.45, 2.75) is 31.2 Å². The van der Waals surface area contributed by atoms with Crippen molar-refractivity contribution in [3.05, 3.63) is 29.8 Å². The molecule has 0 spiro atoms. The molecule has 1 aliphatic rings. The van der Waals surface area contributed by atoms with Crippen molar-refractivity contribution >= 4 is 10.0 Å². The summed E-state index contributed by atoms with van der Waals surface area (Å²) >= 11 is 0. The topological polar surface area (TPSA) is 58.2 Å². The van der Waals surface area contributed by atoms with Crippen LogP contribution in [-0.4, -0.2) is 27.5 Å². The van der Waals surface area contributed by atoms with Crippen molar-refractivity contribution in [1.82, 2.24) is 10.0 Å². The molecule has 0 saturated carbocycles. The van der Waals surface area contributed by atoms with Crippen molar-refractivity contribution < 1.29 is 8.42 Å². The van der Waals surface area contributed by atoms with Gasteiger partial charge in [0.05, 0.1) is 4.90 Å². The first kappa shape index (κ1) is 13.5. The van der Waals surface area contributed by atoms with E-state index in [1.165, 1.54) is 0 Å². The van der Waals surface area contributed by atoms with Gasteiger partial charge in [0.25, 0.3) is 0 Å². The molecule has 100 valence electrons. The molecular formula is C13H20N2O2S. The molecule has 1 aromatic rings. The van der Waals surface area contributed by atoms with E-state index in [1.54, 1.807) is 18.2 Å². The maximum absolute atomic E-state index is 12.3. The molecule has 2 rings (SSSR count). The van der Waals surface area contributed by atoms with E-state index in [0.29, 0.717) is 17.4 Å². The van der Waals surface area contributed by atoms with Crippen LogP contribution in [0.2, 0.25) is 0 Å². The lowest BCUT2D eigenvalue weighted by atomic mass is 9.96. The van der Waals surface area contributed by atoms with E-state index in [9.17, 15) is 8.42 Å². The van der Waals surface area contributed by atoms with Gasteiger partial charge in [-0.1, -0.05) is 19.1 Å². The van der Waals surface area contributed by atoms with Gasteiger partial charge >= 0.3 is 0 Å². The van der Waals surface area contributed by atoms with Crippen LogP contribution in [0.5, 0.6) is 0 Å². The zero-order valence-corrected chi connectivity index (χ0v) is 11.6. The Labute approximate surface area is 109 Å². The van der Waals surface area contributed by atoms with Gasteiger partial charge in [0.2, 0.25) is 10.0 Å². The maximum atomic E-state index is 12.3. The lowest BCUT2D eigenvalue weighted by molar-refractivity contribution is 0.327. The van der Waals surface area contributed by atoms with Gasteiger partial charge in [-0.05, 0) is 43.5 Å². The van der Waals surface area contributed by atoms with Gasteiger partial charge < -0.3 is 5.32 Å². The summed E-state index contributed by atoms with van der Waals surface area (Å²) in [5.41, 5.74) is 0.952. The molecule has 4 nitrogen and oxygen atoms in total. The normalized spacial score (nSPS) is 25.0. The smallest absolute Gasteiger partial charge is 0.240 e. The SMILES string of the molecule is Cc1cccc(S(=O)(=O)N[C@@H]2CNCC[C@@H]2C)c1. The summed E-state index contributed by atoms with van der Waals surface area (Å²) in [7, 11) is -3.41. The molecule has 1 aromatic carbocycles. The minimum atomic E-state index is -3.41. The van der Waals surface area contributed by atoms with Crippen LogP contribution >= 0.6 is 0 Å². The largest absolute Gasteiger partial charge is 0.315 e. The highest BCUT2D eigenvalue weighted by atomic mass is 32.2. The summed E-state index contributed by atoms with van der Waals surface area (Å²) in [6.45, 7) is 5.64. The predicted octanol–water partition coefficient (Wildman–Crippen LogP) is 1.27. The number of rotatable bonds is 3. The minimum absolute atomic E-state index is 0.0238. The summed E-state index contributed by atoms with van der Waals surface area (Å²) in [6.07, 6.45) is 1.00. The number of hydrogen-bond donors (Lipinski definition) is 2. The van der Waals surface area contributed by atoms with Crippen LogP contribution in [0.3, 0.4) is 0 Å². The lowest BCUT2D eigenvalue weighted by Gasteiger charge is -2.30. The van der Waals surface area contributed by atoms with Crippen molar-refractivity contribution in [2.75, 3.05) is 13.1 Å². The second-order valence-corrected chi connectivity index (χ2v) is 6.73. The van der Waals surface area contributed by atoms with Crippen LogP contribution in [0.1, 0.15) is 18.9 Å². The van der Waals surface area contributed by atoms with E-state index in [2.05, 4.69) is 17.0 Å². The molecular weight excluding hydrogens is 248 g/mol. The molecule has 0 aliphatic carbocycles. The van der Waals surface area contributed by atoms with Gasteiger partial charge in [0, 0.05) is 12.6 Å². The summed E-state index contributed by atoms with van der Waals surface area (Å²) in [5.74, 6) is 0.367. The predicted molar refractivity (Wildman–Crippen MR) is 71.9 cm³/mol. The molecule has 1 saturated heterocycles. The fourth-order valence-electron chi connectivity index (χ4n) is 2.20. The second kappa shape index (κ2) is 5.38. The van der Waals surface area contributed by atoms with E-state index in [4.69, 9.17) is 0 Å². The molecule has 2 N–H and O–H groups in total. The Morgan fingerprint density at radius 2 is 2.17 bits per heavy atom. The third-order valence-electron chi connectivity index (χ3n) is 3.43. The summed E-state index contributed by atoms with van der Waals surface area (Å²) in [5, 5.41) is 3.22. The standard InChI is InChI=1S/C13H20N2O2S/c1-10-4-3-5-12(8-10)18(16,17)15-13-9-14-7-6-11(13)2/h3-5,8,11,13-15H,6-7,9H2,1-2H3/t11-,13+/m0/s1. The summed E-state index contributed by atoms with van der Waals surface area (Å²) in [6, 6.07) is 6.97. The molecule has 5 heteroatoms. The number of benzene rings is 1. The minimum Gasteiger partial charge on any atom is -0.315 e. The molecule has 0 unspecified atom stereocenters. The van der Waals surface area contributed by atoms with Gasteiger partial charge in [-0.2, -0.15) is 0 Å². The molecule has 2 atom stereocenters. The molecule has 18 heavy (non-hydrogen) atoms. The van der Waals surface area contributed by atoms with Gasteiger partial charge in [0.1, 0.15) is 0 Å². The first-order valence-electron chi connectivity index (χ1n) is 6.29. The van der Waals surface area contributed by atoms with Crippen LogP contribution in [0.25, 0.3) is 0 Å². The van der Waals surface area contributed by atoms with E-state index < -0.39 is 10.0 Å². The summed E-state index contributed by atoms with van der Waals surface area (Å²) < 4.78 is 27.3. The molecule has 0 aromatic heterocycles. The maximum Gasteiger partial charge on any atom is 0.240 e. The van der Waals surface area contributed by atoms with Crippen molar-refractivity contribution in [2.24, 2.45) is 5.92 Å². The average molecular weight is 268 g/mol. The van der Waals surface area contributed by atoms with Gasteiger partial charge in [-0.3, -0.25) is 0 Å². The summed E-state index contributed by atoms with van der Waals surface area (Å²) in [4.78, 5) is 0.347. The Morgan fingerprint density at radius 3 is 2.83 bits per heavy atom. The third kappa shape index (κ3) is 3.10. The first-order valence-corrected chi connectivity index (χ1v) is 7.77. The molecule has 1 heterocycles. The zero-order chi connectivity index (χ0) is 13.2. The van der Waals surface area contributed by atoms with E-state index in [1.807, 2.05) is 13.0 Å². The number of hydrogen-bond acceptors (Lipinski definition) is 3. The van der Waals surface area contributed by atoms with E-state index in [-0.39, 0.29) is 6.04 Å². The first-order chi connectivity index (χ1) is 8.49. The highest BCUT2D eigenvalue weighted by Gasteiger charge is 2.26. The quantitative estimate of drug-likeness (QED) is 0.868. The van der Waals surface area contributed by atoms with Crippen LogP contribution in [0.15, 0.2) is 29.2 Å². The van der Waals surface area contributed by atoms with Gasteiger partial charge in [-0.15, -0.1) is 0 Å². The van der Waals surface area contributed by atoms with Crippen molar-refractivity contribution in [1.29, 1.82) is 0 Å². The number of aryl methyl sites for hydroxylation is 1. The molecule has 1 aliphatic heterocycles. The number of sulfonamides is 1. The average Bonchev–Trinajstić information content (AvgIpc) is 2.32. The van der Waals surface area contributed by atoms with Crippen LogP contribution < -0.4 is 10.0 Å².